The van der Waals surface area contributed by atoms with Gasteiger partial charge in [-0.3, -0.25) is 9.97 Å². The maximum atomic E-state index is 10.3. The molecule has 17 heavy (non-hydrogen) atoms. The highest BCUT2D eigenvalue weighted by Crippen LogP contribution is 2.39. The van der Waals surface area contributed by atoms with E-state index >= 15 is 0 Å². The van der Waals surface area contributed by atoms with Crippen molar-refractivity contribution < 1.29 is 5.11 Å². The highest BCUT2D eigenvalue weighted by molar-refractivity contribution is 5.05. The van der Waals surface area contributed by atoms with Crippen LogP contribution in [0.15, 0.2) is 12.4 Å². The highest BCUT2D eigenvalue weighted by atomic mass is 16.3. The summed E-state index contributed by atoms with van der Waals surface area (Å²) in [5.74, 6) is 1.82. The Kier molecular flexibility index (Phi) is 3.77. The summed E-state index contributed by atoms with van der Waals surface area (Å²) >= 11 is 0. The fraction of sp³-hybridized carbons (Fsp3) is 0.714. The Morgan fingerprint density at radius 2 is 1.94 bits per heavy atom. The molecule has 94 valence electrons. The summed E-state index contributed by atoms with van der Waals surface area (Å²) in [6.07, 6.45) is 6.40. The average molecular weight is 234 g/mol. The fourth-order valence-corrected chi connectivity index (χ4v) is 2.67. The molecular weight excluding hydrogens is 212 g/mol. The molecule has 1 aromatic rings. The van der Waals surface area contributed by atoms with E-state index < -0.39 is 6.10 Å². The molecule has 0 aromatic carbocycles. The molecule has 3 heteroatoms. The smallest absolute Gasteiger partial charge is 0.100 e. The Bertz CT molecular complexity index is 363. The lowest BCUT2D eigenvalue weighted by atomic mass is 9.73. The van der Waals surface area contributed by atoms with Gasteiger partial charge in [0.25, 0.3) is 0 Å². The SMILES string of the molecule is Cc1cnc(C(O)C2CCC(C)C(C)C2)cn1. The molecule has 0 saturated heterocycles. The molecule has 2 rings (SSSR count). The molecular formula is C14H22N2O. The molecule has 0 amide bonds. The second-order valence-electron chi connectivity index (χ2n) is 5.56. The van der Waals surface area contributed by atoms with Crippen LogP contribution in [-0.2, 0) is 0 Å². The molecule has 0 bridgehead atoms. The van der Waals surface area contributed by atoms with Crippen molar-refractivity contribution in [3.05, 3.63) is 23.8 Å². The second-order valence-corrected chi connectivity index (χ2v) is 5.56. The van der Waals surface area contributed by atoms with Gasteiger partial charge in [-0.05, 0) is 37.5 Å². The quantitative estimate of drug-likeness (QED) is 0.855. The van der Waals surface area contributed by atoms with E-state index in [1.807, 2.05) is 6.92 Å². The van der Waals surface area contributed by atoms with Crippen molar-refractivity contribution in [2.45, 2.75) is 46.1 Å². The largest absolute Gasteiger partial charge is 0.386 e. The van der Waals surface area contributed by atoms with E-state index in [1.165, 1.54) is 6.42 Å². The Labute approximate surface area is 103 Å². The summed E-state index contributed by atoms with van der Waals surface area (Å²) in [5.41, 5.74) is 1.62. The van der Waals surface area contributed by atoms with Gasteiger partial charge in [-0.1, -0.05) is 20.3 Å². The molecule has 3 nitrogen and oxygen atoms in total. The average Bonchev–Trinajstić information content (AvgIpc) is 2.33. The molecule has 1 fully saturated rings. The van der Waals surface area contributed by atoms with Crippen LogP contribution in [0.4, 0.5) is 0 Å². The number of rotatable bonds is 2. The van der Waals surface area contributed by atoms with E-state index in [0.29, 0.717) is 11.8 Å². The predicted molar refractivity (Wildman–Crippen MR) is 67.4 cm³/mol. The van der Waals surface area contributed by atoms with Crippen molar-refractivity contribution in [2.24, 2.45) is 17.8 Å². The molecule has 4 unspecified atom stereocenters. The highest BCUT2D eigenvalue weighted by Gasteiger charge is 2.30. The first-order valence-electron chi connectivity index (χ1n) is 6.54. The van der Waals surface area contributed by atoms with E-state index in [-0.39, 0.29) is 0 Å². The van der Waals surface area contributed by atoms with Crippen LogP contribution >= 0.6 is 0 Å². The molecule has 0 aliphatic heterocycles. The van der Waals surface area contributed by atoms with Crippen molar-refractivity contribution in [1.82, 2.24) is 9.97 Å². The summed E-state index contributed by atoms with van der Waals surface area (Å²) in [4.78, 5) is 8.49. The number of aliphatic hydroxyl groups is 1. The molecule has 1 aromatic heterocycles. The summed E-state index contributed by atoms with van der Waals surface area (Å²) in [5, 5.41) is 10.3. The van der Waals surface area contributed by atoms with E-state index in [1.54, 1.807) is 12.4 Å². The summed E-state index contributed by atoms with van der Waals surface area (Å²) in [6, 6.07) is 0. The van der Waals surface area contributed by atoms with Gasteiger partial charge in [0, 0.05) is 6.20 Å². The fourth-order valence-electron chi connectivity index (χ4n) is 2.67. The lowest BCUT2D eigenvalue weighted by Crippen LogP contribution is -2.25. The number of hydrogen-bond acceptors (Lipinski definition) is 3. The van der Waals surface area contributed by atoms with Gasteiger partial charge in [0.05, 0.1) is 17.6 Å². The van der Waals surface area contributed by atoms with Crippen molar-refractivity contribution in [2.75, 3.05) is 0 Å². The number of aryl methyl sites for hydroxylation is 1. The zero-order chi connectivity index (χ0) is 12.4. The topological polar surface area (TPSA) is 46.0 Å². The molecule has 1 saturated carbocycles. The van der Waals surface area contributed by atoms with Gasteiger partial charge in [0.2, 0.25) is 0 Å². The lowest BCUT2D eigenvalue weighted by Gasteiger charge is -2.34. The molecule has 0 radical (unpaired) electrons. The van der Waals surface area contributed by atoms with Crippen molar-refractivity contribution in [3.8, 4) is 0 Å². The van der Waals surface area contributed by atoms with Crippen molar-refractivity contribution >= 4 is 0 Å². The minimum absolute atomic E-state index is 0.346. The van der Waals surface area contributed by atoms with E-state index in [4.69, 9.17) is 0 Å². The Balaban J connectivity index is 2.05. The third-order valence-corrected chi connectivity index (χ3v) is 4.19. The number of aliphatic hydroxyl groups excluding tert-OH is 1. The molecule has 1 heterocycles. The van der Waals surface area contributed by atoms with Crippen LogP contribution in [-0.4, -0.2) is 15.1 Å². The Hall–Kier alpha value is -0.960. The van der Waals surface area contributed by atoms with Gasteiger partial charge < -0.3 is 5.11 Å². The van der Waals surface area contributed by atoms with E-state index in [0.717, 1.165) is 30.1 Å². The number of aromatic nitrogens is 2. The summed E-state index contributed by atoms with van der Waals surface area (Å²) in [7, 11) is 0. The first-order chi connectivity index (χ1) is 8.08. The third-order valence-electron chi connectivity index (χ3n) is 4.19. The number of nitrogens with zero attached hydrogens (tertiary/aromatic N) is 2. The summed E-state index contributed by atoms with van der Waals surface area (Å²) in [6.45, 7) is 6.50. The van der Waals surface area contributed by atoms with Crippen LogP contribution in [0.2, 0.25) is 0 Å². The third kappa shape index (κ3) is 2.83. The Morgan fingerprint density at radius 3 is 2.53 bits per heavy atom. The van der Waals surface area contributed by atoms with E-state index in [9.17, 15) is 5.11 Å². The monoisotopic (exact) mass is 234 g/mol. The van der Waals surface area contributed by atoms with Gasteiger partial charge in [0.15, 0.2) is 0 Å². The zero-order valence-electron chi connectivity index (χ0n) is 10.9. The van der Waals surface area contributed by atoms with Crippen LogP contribution in [0.25, 0.3) is 0 Å². The molecule has 0 spiro atoms. The van der Waals surface area contributed by atoms with Crippen LogP contribution < -0.4 is 0 Å². The van der Waals surface area contributed by atoms with Crippen molar-refractivity contribution in [3.63, 3.8) is 0 Å². The molecule has 1 N–H and O–H groups in total. The number of hydrogen-bond donors (Lipinski definition) is 1. The standard InChI is InChI=1S/C14H22N2O/c1-9-4-5-12(6-10(9)2)14(17)13-8-15-11(3)7-16-13/h7-10,12,14,17H,4-6H2,1-3H3. The minimum Gasteiger partial charge on any atom is -0.386 e. The first kappa shape index (κ1) is 12.5. The molecule has 4 atom stereocenters. The van der Waals surface area contributed by atoms with Crippen LogP contribution in [0.3, 0.4) is 0 Å². The van der Waals surface area contributed by atoms with E-state index in [2.05, 4.69) is 23.8 Å². The minimum atomic E-state index is -0.446. The van der Waals surface area contributed by atoms with Gasteiger partial charge in [-0.2, -0.15) is 0 Å². The second kappa shape index (κ2) is 5.13. The Morgan fingerprint density at radius 1 is 1.18 bits per heavy atom. The van der Waals surface area contributed by atoms with Crippen molar-refractivity contribution in [1.29, 1.82) is 0 Å². The lowest BCUT2D eigenvalue weighted by molar-refractivity contribution is 0.0528. The van der Waals surface area contributed by atoms with Gasteiger partial charge in [-0.15, -0.1) is 0 Å². The van der Waals surface area contributed by atoms with Crippen LogP contribution in [0.1, 0.15) is 50.6 Å². The molecule has 1 aliphatic carbocycles. The normalized spacial score (nSPS) is 31.2. The van der Waals surface area contributed by atoms with Gasteiger partial charge >= 0.3 is 0 Å². The molecule has 1 aliphatic rings. The van der Waals surface area contributed by atoms with Gasteiger partial charge in [-0.25, -0.2) is 0 Å². The van der Waals surface area contributed by atoms with Gasteiger partial charge in [0.1, 0.15) is 6.10 Å². The maximum absolute atomic E-state index is 10.3. The zero-order valence-corrected chi connectivity index (χ0v) is 10.9. The summed E-state index contributed by atoms with van der Waals surface area (Å²) < 4.78 is 0. The maximum Gasteiger partial charge on any atom is 0.100 e. The van der Waals surface area contributed by atoms with Crippen LogP contribution in [0.5, 0.6) is 0 Å². The predicted octanol–water partition coefficient (Wildman–Crippen LogP) is 2.89. The first-order valence-corrected chi connectivity index (χ1v) is 6.54. The van der Waals surface area contributed by atoms with Crippen LogP contribution in [0, 0.1) is 24.7 Å².